The zero-order valence-corrected chi connectivity index (χ0v) is 11.4. The first kappa shape index (κ1) is 12.7. The van der Waals surface area contributed by atoms with E-state index in [1.54, 1.807) is 6.07 Å². The average Bonchev–Trinajstić information content (AvgIpc) is 3.03. The first-order chi connectivity index (χ1) is 9.11. The van der Waals surface area contributed by atoms with Crippen molar-refractivity contribution in [3.8, 4) is 0 Å². The quantitative estimate of drug-likeness (QED) is 0.889. The summed E-state index contributed by atoms with van der Waals surface area (Å²) in [7, 11) is 0. The molecule has 2 aliphatic carbocycles. The molecule has 0 radical (unpaired) electrons. The van der Waals surface area contributed by atoms with Crippen molar-refractivity contribution < 1.29 is 14.7 Å². The number of aromatic carboxylic acids is 1. The number of carbonyl (C=O) groups excluding carboxylic acids is 1. The maximum Gasteiger partial charge on any atom is 0.345 e. The Hall–Kier alpha value is -1.36. The molecule has 0 spiro atoms. The number of carbonyl (C=O) groups is 2. The summed E-state index contributed by atoms with van der Waals surface area (Å²) in [5.41, 5.74) is 0. The molecule has 2 aliphatic rings. The summed E-state index contributed by atoms with van der Waals surface area (Å²) >= 11 is 1.11. The highest BCUT2D eigenvalue weighted by atomic mass is 32.1. The molecule has 3 rings (SSSR count). The van der Waals surface area contributed by atoms with Gasteiger partial charge in [0.05, 0.1) is 5.00 Å². The van der Waals surface area contributed by atoms with E-state index in [-0.39, 0.29) is 10.8 Å². The number of anilines is 1. The summed E-state index contributed by atoms with van der Waals surface area (Å²) in [6.45, 7) is 0. The summed E-state index contributed by atoms with van der Waals surface area (Å²) < 4.78 is 0. The highest BCUT2D eigenvalue weighted by Gasteiger charge is 2.40. The zero-order valence-electron chi connectivity index (χ0n) is 10.6. The normalized spacial score (nSPS) is 28.5. The molecule has 1 heterocycles. The van der Waals surface area contributed by atoms with E-state index < -0.39 is 5.97 Å². The van der Waals surface area contributed by atoms with Gasteiger partial charge >= 0.3 is 5.97 Å². The Bertz CT molecular complexity index is 511. The third-order valence-electron chi connectivity index (χ3n) is 4.41. The maximum absolute atomic E-state index is 12.0. The Morgan fingerprint density at radius 3 is 2.74 bits per heavy atom. The van der Waals surface area contributed by atoms with Gasteiger partial charge in [0.2, 0.25) is 5.91 Å². The molecule has 102 valence electrons. The molecule has 0 saturated heterocycles. The largest absolute Gasteiger partial charge is 0.477 e. The van der Waals surface area contributed by atoms with Crippen LogP contribution < -0.4 is 5.32 Å². The first-order valence-corrected chi connectivity index (χ1v) is 7.56. The summed E-state index contributed by atoms with van der Waals surface area (Å²) in [4.78, 5) is 23.0. The summed E-state index contributed by atoms with van der Waals surface area (Å²) in [6.07, 6.45) is 5.71. The van der Waals surface area contributed by atoms with Crippen LogP contribution in [0.5, 0.6) is 0 Å². The molecule has 1 aromatic rings. The minimum Gasteiger partial charge on any atom is -0.477 e. The van der Waals surface area contributed by atoms with Crippen molar-refractivity contribution in [3.63, 3.8) is 0 Å². The third-order valence-corrected chi connectivity index (χ3v) is 5.40. The van der Waals surface area contributed by atoms with Crippen molar-refractivity contribution in [3.05, 3.63) is 17.0 Å². The van der Waals surface area contributed by atoms with Gasteiger partial charge in [-0.05, 0) is 49.1 Å². The predicted octanol–water partition coefficient (Wildman–Crippen LogP) is 3.21. The minimum absolute atomic E-state index is 0.0244. The van der Waals surface area contributed by atoms with E-state index in [2.05, 4.69) is 5.32 Å². The smallest absolute Gasteiger partial charge is 0.345 e. The van der Waals surface area contributed by atoms with Crippen LogP contribution in [-0.2, 0) is 4.79 Å². The van der Waals surface area contributed by atoms with E-state index in [1.807, 2.05) is 0 Å². The molecule has 19 heavy (non-hydrogen) atoms. The van der Waals surface area contributed by atoms with Crippen LogP contribution in [0.25, 0.3) is 0 Å². The molecule has 2 saturated carbocycles. The Morgan fingerprint density at radius 2 is 2.16 bits per heavy atom. The molecule has 3 unspecified atom stereocenters. The maximum atomic E-state index is 12.0. The Morgan fingerprint density at radius 1 is 1.32 bits per heavy atom. The van der Waals surface area contributed by atoms with Gasteiger partial charge in [-0.25, -0.2) is 4.79 Å². The number of fused-ring (bicyclic) bond motifs is 2. The molecular formula is C14H17NO3S. The Kier molecular flexibility index (Phi) is 3.31. The van der Waals surface area contributed by atoms with Crippen LogP contribution >= 0.6 is 11.3 Å². The summed E-state index contributed by atoms with van der Waals surface area (Å²) in [5, 5.41) is 12.3. The minimum atomic E-state index is -0.946. The molecule has 3 atom stereocenters. The number of nitrogens with one attached hydrogen (secondary N) is 1. The second-order valence-electron chi connectivity index (χ2n) is 5.66. The van der Waals surface area contributed by atoms with Crippen LogP contribution in [0.2, 0.25) is 0 Å². The predicted molar refractivity (Wildman–Crippen MR) is 73.5 cm³/mol. The van der Waals surface area contributed by atoms with Gasteiger partial charge in [-0.3, -0.25) is 4.79 Å². The van der Waals surface area contributed by atoms with Gasteiger partial charge in [0, 0.05) is 6.42 Å². The molecule has 5 heteroatoms. The molecule has 1 amide bonds. The zero-order chi connectivity index (χ0) is 13.4. The van der Waals surface area contributed by atoms with E-state index in [0.717, 1.165) is 23.2 Å². The number of hydrogen-bond donors (Lipinski definition) is 2. The van der Waals surface area contributed by atoms with Crippen molar-refractivity contribution in [2.75, 3.05) is 5.32 Å². The molecule has 0 aromatic carbocycles. The first-order valence-electron chi connectivity index (χ1n) is 6.75. The van der Waals surface area contributed by atoms with Gasteiger partial charge in [0.25, 0.3) is 0 Å². The van der Waals surface area contributed by atoms with Crippen LogP contribution in [0.4, 0.5) is 5.00 Å². The lowest BCUT2D eigenvalue weighted by molar-refractivity contribution is -0.117. The molecule has 0 aliphatic heterocycles. The van der Waals surface area contributed by atoms with Gasteiger partial charge in [0.1, 0.15) is 4.88 Å². The number of amides is 1. The van der Waals surface area contributed by atoms with Gasteiger partial charge in [-0.2, -0.15) is 0 Å². The van der Waals surface area contributed by atoms with Crippen molar-refractivity contribution in [1.29, 1.82) is 0 Å². The number of carboxylic acids is 1. The van der Waals surface area contributed by atoms with E-state index in [9.17, 15) is 9.59 Å². The second-order valence-corrected chi connectivity index (χ2v) is 6.74. The van der Waals surface area contributed by atoms with Crippen LogP contribution in [-0.4, -0.2) is 17.0 Å². The topological polar surface area (TPSA) is 66.4 Å². The number of hydrogen-bond acceptors (Lipinski definition) is 3. The van der Waals surface area contributed by atoms with Crippen LogP contribution in [0.3, 0.4) is 0 Å². The van der Waals surface area contributed by atoms with Crippen LogP contribution in [0.15, 0.2) is 12.1 Å². The molecule has 2 bridgehead atoms. The van der Waals surface area contributed by atoms with Gasteiger partial charge in [-0.15, -0.1) is 11.3 Å². The van der Waals surface area contributed by atoms with Crippen molar-refractivity contribution >= 4 is 28.2 Å². The highest BCUT2D eigenvalue weighted by Crippen LogP contribution is 2.49. The molecule has 4 nitrogen and oxygen atoms in total. The van der Waals surface area contributed by atoms with E-state index in [0.29, 0.717) is 17.3 Å². The number of thiophene rings is 1. The lowest BCUT2D eigenvalue weighted by atomic mass is 9.86. The number of rotatable bonds is 4. The second kappa shape index (κ2) is 4.96. The number of carboxylic acid groups (broad SMARTS) is 1. The Labute approximate surface area is 115 Å². The molecule has 2 N–H and O–H groups in total. The highest BCUT2D eigenvalue weighted by molar-refractivity contribution is 7.18. The molecule has 2 fully saturated rings. The van der Waals surface area contributed by atoms with Gasteiger partial charge in [0.15, 0.2) is 0 Å². The van der Waals surface area contributed by atoms with Crippen molar-refractivity contribution in [2.24, 2.45) is 17.8 Å². The fraction of sp³-hybridized carbons (Fsp3) is 0.571. The van der Waals surface area contributed by atoms with Gasteiger partial charge < -0.3 is 10.4 Å². The van der Waals surface area contributed by atoms with E-state index in [1.165, 1.54) is 31.7 Å². The Balaban J connectivity index is 1.54. The lowest BCUT2D eigenvalue weighted by Gasteiger charge is -2.20. The fourth-order valence-electron chi connectivity index (χ4n) is 3.57. The van der Waals surface area contributed by atoms with Crippen molar-refractivity contribution in [1.82, 2.24) is 0 Å². The standard InChI is InChI=1S/C14H17NO3S/c16-12(7-10-6-8-1-2-9(10)5-8)15-13-4-3-11(19-13)14(17)18/h3-4,8-10H,1-2,5-7H2,(H,15,16)(H,17,18). The summed E-state index contributed by atoms with van der Waals surface area (Å²) in [6, 6.07) is 3.19. The fourth-order valence-corrected chi connectivity index (χ4v) is 4.33. The third kappa shape index (κ3) is 2.66. The van der Waals surface area contributed by atoms with Crippen molar-refractivity contribution in [2.45, 2.75) is 32.1 Å². The van der Waals surface area contributed by atoms with Crippen LogP contribution in [0.1, 0.15) is 41.8 Å². The lowest BCUT2D eigenvalue weighted by Crippen LogP contribution is -2.19. The monoisotopic (exact) mass is 279 g/mol. The summed E-state index contributed by atoms with van der Waals surface area (Å²) in [5.74, 6) is 1.21. The molecule has 1 aromatic heterocycles. The van der Waals surface area contributed by atoms with Gasteiger partial charge in [-0.1, -0.05) is 6.42 Å². The van der Waals surface area contributed by atoms with Crippen LogP contribution in [0, 0.1) is 17.8 Å². The van der Waals surface area contributed by atoms with E-state index >= 15 is 0 Å². The molecular weight excluding hydrogens is 262 g/mol. The van der Waals surface area contributed by atoms with E-state index in [4.69, 9.17) is 5.11 Å². The average molecular weight is 279 g/mol. The SMILES string of the molecule is O=C(CC1CC2CCC1C2)Nc1ccc(C(=O)O)s1.